The van der Waals surface area contributed by atoms with Gasteiger partial charge in [0.15, 0.2) is 0 Å². The molecule has 1 rings (SSSR count). The fraction of sp³-hybridized carbons (Fsp3) is 0.875. The first-order valence-electron chi connectivity index (χ1n) is 4.32. The molecule has 0 atom stereocenters. The van der Waals surface area contributed by atoms with Gasteiger partial charge in [-0.15, -0.1) is 0 Å². The highest BCUT2D eigenvalue weighted by molar-refractivity contribution is 5.63. The van der Waals surface area contributed by atoms with Crippen molar-refractivity contribution in [2.24, 2.45) is 0 Å². The van der Waals surface area contributed by atoms with Gasteiger partial charge in [-0.25, -0.2) is 4.79 Å². The predicted molar refractivity (Wildman–Crippen MR) is 43.7 cm³/mol. The van der Waals surface area contributed by atoms with Gasteiger partial charge in [-0.2, -0.15) is 5.06 Å². The minimum atomic E-state index is -0.982. The molecule has 1 aliphatic rings. The summed E-state index contributed by atoms with van der Waals surface area (Å²) in [4.78, 5) is 15.4. The van der Waals surface area contributed by atoms with Gasteiger partial charge in [-0.05, 0) is 12.8 Å². The van der Waals surface area contributed by atoms with Crippen LogP contribution in [0.4, 0.5) is 4.79 Å². The first-order valence-corrected chi connectivity index (χ1v) is 4.32. The molecule has 0 unspecified atom stereocenters. The lowest BCUT2D eigenvalue weighted by atomic mass is 9.95. The summed E-state index contributed by atoms with van der Waals surface area (Å²) in [5, 5.41) is 9.80. The fourth-order valence-corrected chi connectivity index (χ4v) is 1.70. The quantitative estimate of drug-likeness (QED) is 0.648. The Hall–Kier alpha value is -0.770. The zero-order chi connectivity index (χ0) is 8.97. The van der Waals surface area contributed by atoms with Gasteiger partial charge in [0, 0.05) is 0 Å². The first kappa shape index (κ1) is 9.32. The van der Waals surface area contributed by atoms with Gasteiger partial charge >= 0.3 is 6.09 Å². The van der Waals surface area contributed by atoms with Gasteiger partial charge in [0.25, 0.3) is 0 Å². The van der Waals surface area contributed by atoms with Crippen LogP contribution in [0.15, 0.2) is 0 Å². The van der Waals surface area contributed by atoms with E-state index < -0.39 is 6.09 Å². The molecule has 1 aliphatic carbocycles. The van der Waals surface area contributed by atoms with E-state index in [-0.39, 0.29) is 6.04 Å². The molecule has 4 nitrogen and oxygen atoms in total. The summed E-state index contributed by atoms with van der Waals surface area (Å²) in [7, 11) is 1.41. The van der Waals surface area contributed by atoms with Crippen LogP contribution in [-0.4, -0.2) is 29.4 Å². The number of hydroxylamine groups is 2. The van der Waals surface area contributed by atoms with Crippen LogP contribution in [0.25, 0.3) is 0 Å². The average Bonchev–Trinajstić information content (AvgIpc) is 2.07. The molecule has 70 valence electrons. The Kier molecular flexibility index (Phi) is 3.34. The van der Waals surface area contributed by atoms with Crippen LogP contribution in [-0.2, 0) is 4.84 Å². The van der Waals surface area contributed by atoms with Crippen LogP contribution in [0.3, 0.4) is 0 Å². The first-order chi connectivity index (χ1) is 5.75. The number of hydrogen-bond acceptors (Lipinski definition) is 2. The molecule has 1 amide bonds. The summed E-state index contributed by atoms with van der Waals surface area (Å²) in [6, 6.07) is 0.0706. The van der Waals surface area contributed by atoms with Gasteiger partial charge in [0.1, 0.15) is 0 Å². The summed E-state index contributed by atoms with van der Waals surface area (Å²) in [5.41, 5.74) is 0. The zero-order valence-corrected chi connectivity index (χ0v) is 7.32. The molecule has 12 heavy (non-hydrogen) atoms. The van der Waals surface area contributed by atoms with Crippen LogP contribution in [0.2, 0.25) is 0 Å². The number of nitrogens with zero attached hydrogens (tertiary/aromatic N) is 1. The minimum absolute atomic E-state index is 0.0706. The summed E-state index contributed by atoms with van der Waals surface area (Å²) in [5.74, 6) is 0. The van der Waals surface area contributed by atoms with E-state index in [2.05, 4.69) is 0 Å². The molecule has 0 saturated heterocycles. The van der Waals surface area contributed by atoms with E-state index in [4.69, 9.17) is 9.94 Å². The molecular formula is C8H15NO3. The Morgan fingerprint density at radius 1 is 1.42 bits per heavy atom. The number of rotatable bonds is 2. The van der Waals surface area contributed by atoms with Crippen LogP contribution >= 0.6 is 0 Å². The maximum Gasteiger partial charge on any atom is 0.431 e. The van der Waals surface area contributed by atoms with Gasteiger partial charge in [-0.1, -0.05) is 19.3 Å². The molecule has 1 saturated carbocycles. The second kappa shape index (κ2) is 4.30. The average molecular weight is 173 g/mol. The largest absolute Gasteiger partial charge is 0.463 e. The SMILES string of the molecule is CON(C(=O)O)C1CCCCC1. The Labute approximate surface area is 72.1 Å². The summed E-state index contributed by atoms with van der Waals surface area (Å²) < 4.78 is 0. The topological polar surface area (TPSA) is 49.8 Å². The predicted octanol–water partition coefficient (Wildman–Crippen LogP) is 1.86. The molecule has 0 bridgehead atoms. The van der Waals surface area contributed by atoms with E-state index in [9.17, 15) is 4.79 Å². The lowest BCUT2D eigenvalue weighted by Crippen LogP contribution is -2.39. The van der Waals surface area contributed by atoms with Crippen LogP contribution in [0.1, 0.15) is 32.1 Å². The van der Waals surface area contributed by atoms with E-state index >= 15 is 0 Å². The molecule has 0 aromatic rings. The third-order valence-electron chi connectivity index (χ3n) is 2.29. The molecule has 0 aromatic heterocycles. The van der Waals surface area contributed by atoms with Crippen LogP contribution < -0.4 is 0 Å². The van der Waals surface area contributed by atoms with Crippen molar-refractivity contribution in [3.63, 3.8) is 0 Å². The normalized spacial score (nSPS) is 19.1. The molecule has 0 heterocycles. The van der Waals surface area contributed by atoms with E-state index in [0.717, 1.165) is 30.7 Å². The van der Waals surface area contributed by atoms with Gasteiger partial charge in [0.05, 0.1) is 13.2 Å². The molecule has 1 fully saturated rings. The summed E-state index contributed by atoms with van der Waals surface area (Å²) in [6.45, 7) is 0. The van der Waals surface area contributed by atoms with E-state index in [1.807, 2.05) is 0 Å². The van der Waals surface area contributed by atoms with Gasteiger partial charge in [-0.3, -0.25) is 4.84 Å². The number of amides is 1. The number of carbonyl (C=O) groups is 1. The van der Waals surface area contributed by atoms with Crippen molar-refractivity contribution in [2.75, 3.05) is 7.11 Å². The van der Waals surface area contributed by atoms with Crippen molar-refractivity contribution in [2.45, 2.75) is 38.1 Å². The zero-order valence-electron chi connectivity index (χ0n) is 7.32. The minimum Gasteiger partial charge on any atom is -0.463 e. The molecule has 4 heteroatoms. The monoisotopic (exact) mass is 173 g/mol. The van der Waals surface area contributed by atoms with Crippen molar-refractivity contribution in [3.8, 4) is 0 Å². The highest BCUT2D eigenvalue weighted by Crippen LogP contribution is 2.22. The highest BCUT2D eigenvalue weighted by Gasteiger charge is 2.24. The fourth-order valence-electron chi connectivity index (χ4n) is 1.70. The molecule has 0 radical (unpaired) electrons. The lowest BCUT2D eigenvalue weighted by Gasteiger charge is -2.29. The molecule has 0 aromatic carbocycles. The standard InChI is InChI=1S/C8H15NO3/c1-12-9(8(10)11)7-5-3-2-4-6-7/h7H,2-6H2,1H3,(H,10,11). The molecule has 1 N–H and O–H groups in total. The molecule has 0 spiro atoms. The summed E-state index contributed by atoms with van der Waals surface area (Å²) >= 11 is 0. The van der Waals surface area contributed by atoms with Crippen molar-refractivity contribution in [1.82, 2.24) is 5.06 Å². The second-order valence-electron chi connectivity index (χ2n) is 3.08. The van der Waals surface area contributed by atoms with Gasteiger partial charge in [0.2, 0.25) is 0 Å². The van der Waals surface area contributed by atoms with Crippen molar-refractivity contribution < 1.29 is 14.7 Å². The summed E-state index contributed by atoms with van der Waals surface area (Å²) in [6.07, 6.45) is 4.31. The van der Waals surface area contributed by atoms with Gasteiger partial charge < -0.3 is 5.11 Å². The molecule has 0 aliphatic heterocycles. The smallest absolute Gasteiger partial charge is 0.431 e. The van der Waals surface area contributed by atoms with Crippen molar-refractivity contribution in [3.05, 3.63) is 0 Å². The molecular weight excluding hydrogens is 158 g/mol. The van der Waals surface area contributed by atoms with Crippen LogP contribution in [0.5, 0.6) is 0 Å². The third-order valence-corrected chi connectivity index (χ3v) is 2.29. The Balaban J connectivity index is 2.46. The third kappa shape index (κ3) is 2.11. The second-order valence-corrected chi connectivity index (χ2v) is 3.08. The maximum absolute atomic E-state index is 10.6. The Bertz CT molecular complexity index is 154. The highest BCUT2D eigenvalue weighted by atomic mass is 16.7. The van der Waals surface area contributed by atoms with Crippen molar-refractivity contribution >= 4 is 6.09 Å². The Morgan fingerprint density at radius 2 is 2.00 bits per heavy atom. The lowest BCUT2D eigenvalue weighted by molar-refractivity contribution is -0.137. The Morgan fingerprint density at radius 3 is 2.42 bits per heavy atom. The van der Waals surface area contributed by atoms with E-state index in [1.54, 1.807) is 0 Å². The number of carboxylic acid groups (broad SMARTS) is 1. The van der Waals surface area contributed by atoms with Crippen LogP contribution in [0, 0.1) is 0 Å². The maximum atomic E-state index is 10.6. The van der Waals surface area contributed by atoms with Crippen molar-refractivity contribution in [1.29, 1.82) is 0 Å². The number of hydrogen-bond donors (Lipinski definition) is 1. The van der Waals surface area contributed by atoms with E-state index in [1.165, 1.54) is 13.5 Å². The van der Waals surface area contributed by atoms with E-state index in [0.29, 0.717) is 0 Å².